The summed E-state index contributed by atoms with van der Waals surface area (Å²) in [6, 6.07) is 13.7. The van der Waals surface area contributed by atoms with E-state index in [2.05, 4.69) is 33.1 Å². The van der Waals surface area contributed by atoms with Crippen molar-refractivity contribution < 1.29 is 8.81 Å². The third-order valence-electron chi connectivity index (χ3n) is 5.27. The summed E-state index contributed by atoms with van der Waals surface area (Å²) in [5, 5.41) is 1.07. The average molecular weight is 359 g/mol. The second-order valence-electron chi connectivity index (χ2n) is 7.03. The van der Waals surface area contributed by atoms with Crippen LogP contribution in [0.3, 0.4) is 0 Å². The fraction of sp³-hybridized carbons (Fsp3) is 0.182. The van der Waals surface area contributed by atoms with Gasteiger partial charge in [-0.15, -0.1) is 0 Å². The highest BCUT2D eigenvalue weighted by atomic mass is 19.1. The Bertz CT molecular complexity index is 1120. The molecule has 1 aliphatic rings. The highest BCUT2D eigenvalue weighted by molar-refractivity contribution is 5.78. The van der Waals surface area contributed by atoms with E-state index in [-0.39, 0.29) is 11.7 Å². The van der Waals surface area contributed by atoms with Gasteiger partial charge in [-0.05, 0) is 42.4 Å². The number of nitrogens with zero attached hydrogens (tertiary/aromatic N) is 3. The van der Waals surface area contributed by atoms with Crippen molar-refractivity contribution in [3.63, 3.8) is 0 Å². The Morgan fingerprint density at radius 1 is 1.11 bits per heavy atom. The molecule has 0 amide bonds. The molecule has 3 heterocycles. The van der Waals surface area contributed by atoms with Crippen molar-refractivity contribution in [2.45, 2.75) is 12.5 Å². The summed E-state index contributed by atoms with van der Waals surface area (Å²) in [5.41, 5.74) is 4.18. The molecule has 0 spiro atoms. The molecule has 0 aliphatic carbocycles. The largest absolute Gasteiger partial charge is 0.464 e. The maximum atomic E-state index is 15.4. The molecule has 0 radical (unpaired) electrons. The van der Waals surface area contributed by atoms with Gasteiger partial charge >= 0.3 is 0 Å². The molecule has 1 aliphatic heterocycles. The number of aromatic nitrogens is 2. The molecule has 134 valence electrons. The monoisotopic (exact) mass is 359 g/mol. The Hall–Kier alpha value is -3.05. The normalized spacial score (nSPS) is 17.2. The molecule has 2 aromatic carbocycles. The van der Waals surface area contributed by atoms with Gasteiger partial charge in [0.15, 0.2) is 5.82 Å². The first-order chi connectivity index (χ1) is 13.2. The van der Waals surface area contributed by atoms with Crippen LogP contribution < -0.4 is 0 Å². The smallest absolute Gasteiger partial charge is 0.162 e. The third-order valence-corrected chi connectivity index (χ3v) is 5.27. The maximum Gasteiger partial charge on any atom is 0.162 e. The zero-order valence-corrected chi connectivity index (χ0v) is 14.9. The first kappa shape index (κ1) is 16.1. The van der Waals surface area contributed by atoms with Gasteiger partial charge in [0, 0.05) is 42.4 Å². The van der Waals surface area contributed by atoms with E-state index in [1.807, 2.05) is 19.2 Å². The predicted octanol–water partition coefficient (Wildman–Crippen LogP) is 4.61. The van der Waals surface area contributed by atoms with Gasteiger partial charge in [0.1, 0.15) is 11.4 Å². The summed E-state index contributed by atoms with van der Waals surface area (Å²) in [4.78, 5) is 10.6. The topological polar surface area (TPSA) is 42.2 Å². The molecule has 4 aromatic rings. The van der Waals surface area contributed by atoms with Crippen LogP contribution in [0.2, 0.25) is 0 Å². The first-order valence-corrected chi connectivity index (χ1v) is 8.95. The lowest BCUT2D eigenvalue weighted by Gasteiger charge is -2.33. The van der Waals surface area contributed by atoms with Gasteiger partial charge < -0.3 is 9.32 Å². The first-order valence-electron chi connectivity index (χ1n) is 8.95. The fourth-order valence-electron chi connectivity index (χ4n) is 3.95. The molecule has 4 nitrogen and oxygen atoms in total. The van der Waals surface area contributed by atoms with Crippen molar-refractivity contribution in [3.8, 4) is 11.4 Å². The van der Waals surface area contributed by atoms with Crippen LogP contribution in [-0.2, 0) is 6.54 Å². The molecule has 2 aromatic heterocycles. The second-order valence-corrected chi connectivity index (χ2v) is 7.03. The van der Waals surface area contributed by atoms with Gasteiger partial charge in [0.25, 0.3) is 0 Å². The van der Waals surface area contributed by atoms with Crippen molar-refractivity contribution in [1.82, 2.24) is 14.9 Å². The van der Waals surface area contributed by atoms with Crippen molar-refractivity contribution in [1.29, 1.82) is 0 Å². The number of rotatable bonds is 2. The summed E-state index contributed by atoms with van der Waals surface area (Å²) in [7, 11) is 2.02. The van der Waals surface area contributed by atoms with Crippen molar-refractivity contribution in [3.05, 3.63) is 83.6 Å². The highest BCUT2D eigenvalue weighted by Gasteiger charge is 2.29. The lowest BCUT2D eigenvalue weighted by Crippen LogP contribution is -2.31. The van der Waals surface area contributed by atoms with Gasteiger partial charge in [0.05, 0.1) is 11.8 Å². The number of hydrogen-bond donors (Lipinski definition) is 0. The lowest BCUT2D eigenvalue weighted by molar-refractivity contribution is 0.289. The number of furan rings is 1. The summed E-state index contributed by atoms with van der Waals surface area (Å²) in [6.45, 7) is 1.40. The van der Waals surface area contributed by atoms with Crippen LogP contribution >= 0.6 is 0 Å². The third kappa shape index (κ3) is 2.71. The van der Waals surface area contributed by atoms with Crippen molar-refractivity contribution in [2.24, 2.45) is 0 Å². The number of halogens is 1. The molecule has 5 heteroatoms. The minimum atomic E-state index is -0.227. The Morgan fingerprint density at radius 3 is 2.81 bits per heavy atom. The van der Waals surface area contributed by atoms with Gasteiger partial charge in [-0.25, -0.2) is 14.4 Å². The molecule has 0 saturated heterocycles. The van der Waals surface area contributed by atoms with E-state index in [9.17, 15) is 0 Å². The second kappa shape index (κ2) is 6.28. The molecule has 1 atom stereocenters. The van der Waals surface area contributed by atoms with Crippen LogP contribution in [0.15, 0.2) is 65.5 Å². The summed E-state index contributed by atoms with van der Waals surface area (Å²) < 4.78 is 20.9. The zero-order valence-electron chi connectivity index (χ0n) is 14.9. The summed E-state index contributed by atoms with van der Waals surface area (Å²) >= 11 is 0. The highest BCUT2D eigenvalue weighted by Crippen LogP contribution is 2.37. The summed E-state index contributed by atoms with van der Waals surface area (Å²) in [5.74, 6) is 0.280. The van der Waals surface area contributed by atoms with Crippen LogP contribution in [0.5, 0.6) is 0 Å². The van der Waals surface area contributed by atoms with Crippen molar-refractivity contribution >= 4 is 11.0 Å². The Kier molecular flexibility index (Phi) is 3.76. The van der Waals surface area contributed by atoms with E-state index in [1.165, 1.54) is 0 Å². The minimum absolute atomic E-state index is 0.0912. The summed E-state index contributed by atoms with van der Waals surface area (Å²) in [6.07, 6.45) is 4.96. The minimum Gasteiger partial charge on any atom is -0.464 e. The molecule has 0 fully saturated rings. The Labute approximate surface area is 156 Å². The molecule has 5 rings (SSSR count). The number of likely N-dealkylation sites (N-methyl/N-ethyl adjacent to an activating group) is 1. The van der Waals surface area contributed by atoms with Gasteiger partial charge in [-0.1, -0.05) is 18.2 Å². The SMILES string of the molecule is CN1Cc2c(ccc(-c3ncccn3)c2F)C(c2ccc3ccoc3c2)C1. The molecule has 27 heavy (non-hydrogen) atoms. The van der Waals surface area contributed by atoms with E-state index in [0.29, 0.717) is 17.9 Å². The number of hydrogen-bond acceptors (Lipinski definition) is 4. The zero-order chi connectivity index (χ0) is 18.4. The lowest BCUT2D eigenvalue weighted by atomic mass is 9.83. The van der Waals surface area contributed by atoms with E-state index < -0.39 is 0 Å². The molecular weight excluding hydrogens is 341 g/mol. The van der Waals surface area contributed by atoms with Crippen LogP contribution in [0.4, 0.5) is 4.39 Å². The quantitative estimate of drug-likeness (QED) is 0.524. The standard InChI is InChI=1S/C22H18FN3O/c1-26-12-18(15-4-3-14-7-10-27-20(14)11-15)16-5-6-17(21(23)19(16)13-26)22-24-8-2-9-25-22/h2-11,18H,12-13H2,1H3. The van der Waals surface area contributed by atoms with E-state index in [0.717, 1.165) is 34.2 Å². The number of fused-ring (bicyclic) bond motifs is 2. The van der Waals surface area contributed by atoms with Crippen LogP contribution in [0.1, 0.15) is 22.6 Å². The van der Waals surface area contributed by atoms with Gasteiger partial charge in [0.2, 0.25) is 0 Å². The Morgan fingerprint density at radius 2 is 1.96 bits per heavy atom. The van der Waals surface area contributed by atoms with Crippen LogP contribution in [0.25, 0.3) is 22.4 Å². The van der Waals surface area contributed by atoms with E-state index in [4.69, 9.17) is 4.42 Å². The number of benzene rings is 2. The molecular formula is C22H18FN3O. The Balaban J connectivity index is 1.64. The predicted molar refractivity (Wildman–Crippen MR) is 102 cm³/mol. The van der Waals surface area contributed by atoms with Crippen LogP contribution in [0, 0.1) is 5.82 Å². The molecule has 0 saturated carbocycles. The van der Waals surface area contributed by atoms with Gasteiger partial charge in [-0.2, -0.15) is 0 Å². The maximum absolute atomic E-state index is 15.4. The average Bonchev–Trinajstić information content (AvgIpc) is 3.17. The molecule has 0 N–H and O–H groups in total. The molecule has 0 bridgehead atoms. The van der Waals surface area contributed by atoms with E-state index >= 15 is 4.39 Å². The van der Waals surface area contributed by atoms with Crippen LogP contribution in [-0.4, -0.2) is 28.5 Å². The van der Waals surface area contributed by atoms with Gasteiger partial charge in [-0.3, -0.25) is 0 Å². The van der Waals surface area contributed by atoms with Crippen molar-refractivity contribution in [2.75, 3.05) is 13.6 Å². The fourth-order valence-corrected chi connectivity index (χ4v) is 3.95. The molecule has 1 unspecified atom stereocenters. The van der Waals surface area contributed by atoms with E-state index in [1.54, 1.807) is 30.8 Å².